The summed E-state index contributed by atoms with van der Waals surface area (Å²) in [5, 5.41) is 0. The van der Waals surface area contributed by atoms with Crippen molar-refractivity contribution in [3.05, 3.63) is 22.7 Å². The standard InChI is InChI=1S/C9H12N2O2/c12-8-9(11-6-5-10-8)13-7-3-1-2-4-7/h5-7H,1-4H2,(H,10,12). The molecule has 1 aliphatic carbocycles. The molecular weight excluding hydrogens is 168 g/mol. The van der Waals surface area contributed by atoms with Crippen LogP contribution < -0.4 is 10.3 Å². The summed E-state index contributed by atoms with van der Waals surface area (Å²) in [7, 11) is 0. The van der Waals surface area contributed by atoms with Gasteiger partial charge in [0.15, 0.2) is 0 Å². The van der Waals surface area contributed by atoms with Gasteiger partial charge in [0.05, 0.1) is 0 Å². The van der Waals surface area contributed by atoms with Gasteiger partial charge in [-0.25, -0.2) is 4.98 Å². The molecule has 0 spiro atoms. The first-order chi connectivity index (χ1) is 6.36. The summed E-state index contributed by atoms with van der Waals surface area (Å²) in [6.45, 7) is 0. The van der Waals surface area contributed by atoms with Crippen molar-refractivity contribution >= 4 is 0 Å². The van der Waals surface area contributed by atoms with Crippen LogP contribution in [0.1, 0.15) is 25.7 Å². The lowest BCUT2D eigenvalue weighted by molar-refractivity contribution is 0.198. The highest BCUT2D eigenvalue weighted by atomic mass is 16.5. The maximum absolute atomic E-state index is 11.2. The molecule has 4 nitrogen and oxygen atoms in total. The van der Waals surface area contributed by atoms with Crippen LogP contribution in [-0.4, -0.2) is 16.1 Å². The van der Waals surface area contributed by atoms with Crippen molar-refractivity contribution in [1.29, 1.82) is 0 Å². The topological polar surface area (TPSA) is 55.0 Å². The molecule has 13 heavy (non-hydrogen) atoms. The molecule has 0 atom stereocenters. The SMILES string of the molecule is O=c1[nH]ccnc1OC1CCCC1. The molecule has 1 N–H and O–H groups in total. The second-order valence-electron chi connectivity index (χ2n) is 3.25. The molecule has 0 radical (unpaired) electrons. The average Bonchev–Trinajstić information content (AvgIpc) is 2.61. The van der Waals surface area contributed by atoms with Crippen LogP contribution in [0.3, 0.4) is 0 Å². The van der Waals surface area contributed by atoms with Crippen LogP contribution in [0.5, 0.6) is 5.88 Å². The molecule has 0 aliphatic heterocycles. The highest BCUT2D eigenvalue weighted by Gasteiger charge is 2.17. The van der Waals surface area contributed by atoms with Crippen LogP contribution in [0, 0.1) is 0 Å². The highest BCUT2D eigenvalue weighted by molar-refractivity contribution is 5.03. The Balaban J connectivity index is 2.08. The highest BCUT2D eigenvalue weighted by Crippen LogP contribution is 2.20. The average molecular weight is 180 g/mol. The number of nitrogens with zero attached hydrogens (tertiary/aromatic N) is 1. The number of nitrogens with one attached hydrogen (secondary N) is 1. The van der Waals surface area contributed by atoms with Crippen molar-refractivity contribution in [2.75, 3.05) is 0 Å². The molecule has 0 unspecified atom stereocenters. The van der Waals surface area contributed by atoms with E-state index >= 15 is 0 Å². The smallest absolute Gasteiger partial charge is 0.310 e. The van der Waals surface area contributed by atoms with E-state index in [0.717, 1.165) is 12.8 Å². The van der Waals surface area contributed by atoms with E-state index in [0.29, 0.717) is 0 Å². The summed E-state index contributed by atoms with van der Waals surface area (Å²) < 4.78 is 5.45. The molecule has 1 aromatic rings. The molecule has 70 valence electrons. The molecule has 0 amide bonds. The predicted molar refractivity (Wildman–Crippen MR) is 47.7 cm³/mol. The largest absolute Gasteiger partial charge is 0.470 e. The number of hydrogen-bond acceptors (Lipinski definition) is 3. The summed E-state index contributed by atoms with van der Waals surface area (Å²) in [5.74, 6) is 0.203. The molecule has 1 aliphatic rings. The van der Waals surface area contributed by atoms with Crippen molar-refractivity contribution in [3.8, 4) is 5.88 Å². The fourth-order valence-corrected chi connectivity index (χ4v) is 1.59. The van der Waals surface area contributed by atoms with E-state index in [9.17, 15) is 4.79 Å². The second-order valence-corrected chi connectivity index (χ2v) is 3.25. The third-order valence-electron chi connectivity index (χ3n) is 2.26. The van der Waals surface area contributed by atoms with E-state index in [1.165, 1.54) is 25.2 Å². The Morgan fingerprint density at radius 1 is 1.46 bits per heavy atom. The molecule has 1 fully saturated rings. The normalized spacial score (nSPS) is 17.5. The minimum atomic E-state index is -0.241. The number of aromatic amines is 1. The third-order valence-corrected chi connectivity index (χ3v) is 2.26. The minimum absolute atomic E-state index is 0.191. The Morgan fingerprint density at radius 2 is 2.23 bits per heavy atom. The summed E-state index contributed by atoms with van der Waals surface area (Å²) in [4.78, 5) is 17.6. The number of aromatic nitrogens is 2. The van der Waals surface area contributed by atoms with Gasteiger partial charge in [-0.15, -0.1) is 0 Å². The Morgan fingerprint density at radius 3 is 2.92 bits per heavy atom. The van der Waals surface area contributed by atoms with Crippen LogP contribution in [0.15, 0.2) is 17.2 Å². The van der Waals surface area contributed by atoms with E-state index < -0.39 is 0 Å². The molecule has 1 heterocycles. The molecule has 0 aromatic carbocycles. The first-order valence-corrected chi connectivity index (χ1v) is 4.56. The van der Waals surface area contributed by atoms with Gasteiger partial charge in [-0.1, -0.05) is 0 Å². The predicted octanol–water partition coefficient (Wildman–Crippen LogP) is 1.09. The molecule has 4 heteroatoms. The van der Waals surface area contributed by atoms with E-state index in [2.05, 4.69) is 9.97 Å². The first kappa shape index (κ1) is 8.29. The fraction of sp³-hybridized carbons (Fsp3) is 0.556. The second kappa shape index (κ2) is 3.60. The van der Waals surface area contributed by atoms with Crippen molar-refractivity contribution in [1.82, 2.24) is 9.97 Å². The summed E-state index contributed by atoms with van der Waals surface area (Å²) in [6, 6.07) is 0. The van der Waals surface area contributed by atoms with Crippen LogP contribution in [0.25, 0.3) is 0 Å². The summed E-state index contributed by atoms with van der Waals surface area (Å²) >= 11 is 0. The monoisotopic (exact) mass is 180 g/mol. The van der Waals surface area contributed by atoms with Crippen LogP contribution >= 0.6 is 0 Å². The van der Waals surface area contributed by atoms with E-state index in [4.69, 9.17) is 4.74 Å². The molecule has 1 aromatic heterocycles. The lowest BCUT2D eigenvalue weighted by Gasteiger charge is -2.09. The van der Waals surface area contributed by atoms with Crippen molar-refractivity contribution in [3.63, 3.8) is 0 Å². The van der Waals surface area contributed by atoms with Crippen molar-refractivity contribution in [2.45, 2.75) is 31.8 Å². The molecule has 0 saturated heterocycles. The molecule has 2 rings (SSSR count). The van der Waals surface area contributed by atoms with Crippen LogP contribution in [-0.2, 0) is 0 Å². The van der Waals surface area contributed by atoms with Gasteiger partial charge in [-0.3, -0.25) is 4.79 Å². The number of hydrogen-bond donors (Lipinski definition) is 1. The zero-order chi connectivity index (χ0) is 9.10. The minimum Gasteiger partial charge on any atom is -0.470 e. The third kappa shape index (κ3) is 1.88. The van der Waals surface area contributed by atoms with Crippen LogP contribution in [0.4, 0.5) is 0 Å². The number of ether oxygens (including phenoxy) is 1. The fourth-order valence-electron chi connectivity index (χ4n) is 1.59. The van der Waals surface area contributed by atoms with Gasteiger partial charge in [0, 0.05) is 12.4 Å². The zero-order valence-electron chi connectivity index (χ0n) is 7.32. The first-order valence-electron chi connectivity index (χ1n) is 4.56. The van der Waals surface area contributed by atoms with Gasteiger partial charge < -0.3 is 9.72 Å². The Labute approximate surface area is 76.0 Å². The van der Waals surface area contributed by atoms with Gasteiger partial charge in [-0.05, 0) is 25.7 Å². The van der Waals surface area contributed by atoms with E-state index in [1.807, 2.05) is 0 Å². The van der Waals surface area contributed by atoms with E-state index in [1.54, 1.807) is 0 Å². The summed E-state index contributed by atoms with van der Waals surface area (Å²) in [6.07, 6.45) is 7.68. The molecule has 0 bridgehead atoms. The van der Waals surface area contributed by atoms with Gasteiger partial charge >= 0.3 is 5.56 Å². The Bertz CT molecular complexity index is 328. The van der Waals surface area contributed by atoms with Crippen molar-refractivity contribution in [2.24, 2.45) is 0 Å². The number of rotatable bonds is 2. The Kier molecular flexibility index (Phi) is 2.29. The maximum Gasteiger partial charge on any atom is 0.310 e. The lowest BCUT2D eigenvalue weighted by Crippen LogP contribution is -2.19. The van der Waals surface area contributed by atoms with Crippen LogP contribution in [0.2, 0.25) is 0 Å². The molecular formula is C9H12N2O2. The molecule has 1 saturated carbocycles. The van der Waals surface area contributed by atoms with E-state index in [-0.39, 0.29) is 17.5 Å². The van der Waals surface area contributed by atoms with Crippen molar-refractivity contribution < 1.29 is 4.74 Å². The zero-order valence-corrected chi connectivity index (χ0v) is 7.32. The quantitative estimate of drug-likeness (QED) is 0.741. The summed E-state index contributed by atoms with van der Waals surface area (Å²) in [5.41, 5.74) is -0.241. The Hall–Kier alpha value is -1.32. The van der Waals surface area contributed by atoms with Gasteiger partial charge in [0.1, 0.15) is 6.10 Å². The van der Waals surface area contributed by atoms with Gasteiger partial charge in [-0.2, -0.15) is 0 Å². The number of H-pyrrole nitrogens is 1. The van der Waals surface area contributed by atoms with Gasteiger partial charge in [0.25, 0.3) is 5.88 Å². The maximum atomic E-state index is 11.2. The van der Waals surface area contributed by atoms with Gasteiger partial charge in [0.2, 0.25) is 0 Å². The lowest BCUT2D eigenvalue weighted by atomic mass is 10.3.